The van der Waals surface area contributed by atoms with Crippen LogP contribution in [0.3, 0.4) is 0 Å². The number of hydrogen-bond acceptors (Lipinski definition) is 3. The number of carbonyl (C=O) groups excluding carboxylic acids is 1. The fraction of sp³-hybridized carbons (Fsp3) is 0.348. The van der Waals surface area contributed by atoms with Gasteiger partial charge in [-0.2, -0.15) is 0 Å². The average molecular weight is 406 g/mol. The third-order valence-corrected chi connectivity index (χ3v) is 3.95. The molecule has 5 heteroatoms. The molecule has 0 radical (unpaired) electrons. The maximum absolute atomic E-state index is 12.4. The number of aliphatic hydroxyl groups is 1. The first-order chi connectivity index (χ1) is 12.5. The van der Waals surface area contributed by atoms with E-state index in [9.17, 15) is 9.90 Å². The van der Waals surface area contributed by atoms with Crippen molar-refractivity contribution in [3.63, 3.8) is 0 Å². The van der Waals surface area contributed by atoms with Crippen molar-refractivity contribution in [3.05, 3.63) is 77.9 Å². The number of aliphatic hydroxyl groups excluding tert-OH is 1. The molecule has 0 bridgehead atoms. The lowest BCUT2D eigenvalue weighted by molar-refractivity contribution is -0.920. The average Bonchev–Trinajstić information content (AvgIpc) is 2.56. The number of carbonyl (C=O) groups is 1. The van der Waals surface area contributed by atoms with Crippen molar-refractivity contribution in [2.75, 3.05) is 21.1 Å². The monoisotopic (exact) mass is 405 g/mol. The Kier molecular flexibility index (Phi) is 10.8. The summed E-state index contributed by atoms with van der Waals surface area (Å²) in [4.78, 5) is 12.4. The summed E-state index contributed by atoms with van der Waals surface area (Å²) in [5.74, 6) is -0.486. The van der Waals surface area contributed by atoms with E-state index in [1.807, 2.05) is 64.5 Å². The minimum absolute atomic E-state index is 0. The van der Waals surface area contributed by atoms with Crippen LogP contribution in [0.4, 0.5) is 0 Å². The van der Waals surface area contributed by atoms with Crippen LogP contribution in [0.1, 0.15) is 25.0 Å². The summed E-state index contributed by atoms with van der Waals surface area (Å²) >= 11 is 0. The molecule has 1 aromatic carbocycles. The van der Waals surface area contributed by atoms with Crippen LogP contribution in [0, 0.1) is 0 Å². The highest BCUT2D eigenvalue weighted by atomic mass is 35.5. The number of nitrogens with zero attached hydrogens (tertiary/aromatic N) is 1. The summed E-state index contributed by atoms with van der Waals surface area (Å²) in [6.45, 7) is 11.2. The van der Waals surface area contributed by atoms with Crippen LogP contribution >= 0.6 is 0 Å². The quantitative estimate of drug-likeness (QED) is 0.218. The lowest BCUT2D eigenvalue weighted by atomic mass is 10.0. The van der Waals surface area contributed by atoms with Crippen molar-refractivity contribution in [3.8, 4) is 0 Å². The Morgan fingerprint density at radius 2 is 1.96 bits per heavy atom. The van der Waals surface area contributed by atoms with Crippen LogP contribution in [0.5, 0.6) is 0 Å². The van der Waals surface area contributed by atoms with E-state index in [-0.39, 0.29) is 12.4 Å². The summed E-state index contributed by atoms with van der Waals surface area (Å²) in [5.41, 5.74) is 3.49. The Morgan fingerprint density at radius 3 is 2.50 bits per heavy atom. The topological polar surface area (TPSA) is 46.5 Å². The predicted octanol–water partition coefficient (Wildman–Crippen LogP) is 0.891. The Morgan fingerprint density at radius 1 is 1.32 bits per heavy atom. The molecule has 1 aromatic rings. The number of rotatable bonds is 9. The zero-order valence-electron chi connectivity index (χ0n) is 17.5. The highest BCUT2D eigenvalue weighted by Gasteiger charge is 2.33. The van der Waals surface area contributed by atoms with E-state index in [0.29, 0.717) is 16.5 Å². The molecule has 0 aromatic heterocycles. The summed E-state index contributed by atoms with van der Waals surface area (Å²) < 4.78 is 5.82. The van der Waals surface area contributed by atoms with E-state index in [4.69, 9.17) is 4.74 Å². The molecule has 28 heavy (non-hydrogen) atoms. The zero-order chi connectivity index (χ0) is 20.6. The van der Waals surface area contributed by atoms with Gasteiger partial charge in [0.15, 0.2) is 0 Å². The number of esters is 1. The predicted molar refractivity (Wildman–Crippen MR) is 112 cm³/mol. The van der Waals surface area contributed by atoms with Crippen molar-refractivity contribution in [2.45, 2.75) is 32.6 Å². The Balaban J connectivity index is 0.00000729. The molecule has 154 valence electrons. The molecule has 0 aliphatic heterocycles. The Labute approximate surface area is 175 Å². The molecule has 0 amide bonds. The number of allylic oxidation sites excluding steroid dienone is 4. The summed E-state index contributed by atoms with van der Waals surface area (Å²) in [6.07, 6.45) is 6.64. The molecule has 0 saturated carbocycles. The molecule has 1 rings (SSSR count). The molecule has 0 aliphatic rings. The van der Waals surface area contributed by atoms with Crippen LogP contribution in [0.25, 0.3) is 6.08 Å². The fourth-order valence-corrected chi connectivity index (χ4v) is 2.74. The lowest BCUT2D eigenvalue weighted by Crippen LogP contribution is -3.00. The molecule has 0 saturated heterocycles. The number of quaternary nitrogens is 1. The first kappa shape index (κ1) is 25.9. The van der Waals surface area contributed by atoms with Gasteiger partial charge in [0.05, 0.1) is 21.1 Å². The van der Waals surface area contributed by atoms with E-state index in [2.05, 4.69) is 19.2 Å². The summed E-state index contributed by atoms with van der Waals surface area (Å²) in [7, 11) is 5.60. The van der Waals surface area contributed by atoms with Crippen molar-refractivity contribution in [1.82, 2.24) is 0 Å². The van der Waals surface area contributed by atoms with E-state index >= 15 is 0 Å². The first-order valence-electron chi connectivity index (χ1n) is 8.99. The van der Waals surface area contributed by atoms with Gasteiger partial charge in [0, 0.05) is 12.0 Å². The van der Waals surface area contributed by atoms with Gasteiger partial charge in [-0.3, -0.25) is 4.48 Å². The minimum atomic E-state index is -0.776. The van der Waals surface area contributed by atoms with Crippen molar-refractivity contribution >= 4 is 12.0 Å². The van der Waals surface area contributed by atoms with Crippen molar-refractivity contribution in [2.24, 2.45) is 0 Å². The van der Waals surface area contributed by atoms with Gasteiger partial charge < -0.3 is 22.3 Å². The minimum Gasteiger partial charge on any atom is -1.00 e. The van der Waals surface area contributed by atoms with Gasteiger partial charge in [-0.25, -0.2) is 4.79 Å². The highest BCUT2D eigenvalue weighted by molar-refractivity contribution is 5.88. The Bertz CT molecular complexity index is 742. The third-order valence-electron chi connectivity index (χ3n) is 3.95. The molecule has 2 atom stereocenters. The van der Waals surface area contributed by atoms with E-state index < -0.39 is 18.3 Å². The van der Waals surface area contributed by atoms with Gasteiger partial charge >= 0.3 is 5.97 Å². The van der Waals surface area contributed by atoms with Gasteiger partial charge in [0.2, 0.25) is 0 Å². The van der Waals surface area contributed by atoms with Gasteiger partial charge in [-0.15, -0.1) is 0 Å². The van der Waals surface area contributed by atoms with Gasteiger partial charge in [-0.05, 0) is 25.0 Å². The third kappa shape index (κ3) is 8.70. The first-order valence-corrected chi connectivity index (χ1v) is 8.99. The smallest absolute Gasteiger partial charge is 0.338 e. The zero-order valence-corrected chi connectivity index (χ0v) is 18.2. The second-order valence-corrected chi connectivity index (χ2v) is 7.66. The Hall–Kier alpha value is -2.14. The second-order valence-electron chi connectivity index (χ2n) is 7.66. The van der Waals surface area contributed by atoms with E-state index in [0.717, 1.165) is 16.7 Å². The molecule has 0 fully saturated rings. The molecular weight excluding hydrogens is 374 g/mol. The van der Waals surface area contributed by atoms with Crippen molar-refractivity contribution < 1.29 is 31.5 Å². The van der Waals surface area contributed by atoms with Gasteiger partial charge in [0.25, 0.3) is 6.23 Å². The number of likely N-dealkylation sites (N-methyl/N-ethyl adjacent to an activating group) is 1. The van der Waals surface area contributed by atoms with Crippen molar-refractivity contribution in [1.29, 1.82) is 0 Å². The molecule has 2 unspecified atom stereocenters. The molecule has 1 N–H and O–H groups in total. The molecule has 4 nitrogen and oxygen atoms in total. The van der Waals surface area contributed by atoms with Gasteiger partial charge in [-0.1, -0.05) is 67.3 Å². The summed E-state index contributed by atoms with van der Waals surface area (Å²) in [5, 5.41) is 9.91. The second kappa shape index (κ2) is 11.6. The SMILES string of the molecule is C=CC=CC(C)=Cc1cccc(CC(=C)C(=O)OC(C(C)O)[N+](C)(C)C)c1.[Cl-]. The molecular formula is C23H32ClNO3. The van der Waals surface area contributed by atoms with Crippen LogP contribution in [0.2, 0.25) is 0 Å². The van der Waals surface area contributed by atoms with Crippen LogP contribution in [0.15, 0.2) is 66.8 Å². The maximum atomic E-state index is 12.4. The largest absolute Gasteiger partial charge is 1.00 e. The van der Waals surface area contributed by atoms with Crippen LogP contribution < -0.4 is 12.4 Å². The van der Waals surface area contributed by atoms with Gasteiger partial charge in [0.1, 0.15) is 6.10 Å². The number of ether oxygens (including phenoxy) is 1. The maximum Gasteiger partial charge on any atom is 0.338 e. The standard InChI is InChI=1S/C23H32NO3.ClH/c1-8-9-11-17(2)14-20-12-10-13-21(16-20)15-18(3)23(26)27-22(19(4)25)24(5,6)7;/h8-14,16,19,22,25H,1,3,15H2,2,4-7H3;1H/q+1;/p-1. The number of benzene rings is 1. The molecule has 0 spiro atoms. The van der Waals surface area contributed by atoms with E-state index in [1.54, 1.807) is 13.0 Å². The highest BCUT2D eigenvalue weighted by Crippen LogP contribution is 2.16. The van der Waals surface area contributed by atoms with Crippen LogP contribution in [-0.4, -0.2) is 49.0 Å². The van der Waals surface area contributed by atoms with Crippen LogP contribution in [-0.2, 0) is 16.0 Å². The number of halogens is 1. The number of hydrogen-bond donors (Lipinski definition) is 1. The summed E-state index contributed by atoms with van der Waals surface area (Å²) in [6, 6.07) is 7.94. The molecule has 0 heterocycles. The lowest BCUT2D eigenvalue weighted by Gasteiger charge is -2.34. The molecule has 0 aliphatic carbocycles. The normalized spacial score (nSPS) is 14.1. The fourth-order valence-electron chi connectivity index (χ4n) is 2.74. The van der Waals surface area contributed by atoms with E-state index in [1.165, 1.54) is 0 Å².